The third-order valence-electron chi connectivity index (χ3n) is 3.67. The lowest BCUT2D eigenvalue weighted by molar-refractivity contribution is 0.639. The highest BCUT2D eigenvalue weighted by Crippen LogP contribution is 2.36. The van der Waals surface area contributed by atoms with Gasteiger partial charge in [-0.3, -0.25) is 5.43 Å². The second-order valence-corrected chi connectivity index (χ2v) is 7.02. The van der Waals surface area contributed by atoms with Gasteiger partial charge in [-0.2, -0.15) is 4.98 Å². The second-order valence-electron chi connectivity index (χ2n) is 5.78. The van der Waals surface area contributed by atoms with Gasteiger partial charge in [0.2, 0.25) is 5.95 Å². The first-order chi connectivity index (χ1) is 9.58. The van der Waals surface area contributed by atoms with Crippen molar-refractivity contribution in [3.05, 3.63) is 10.9 Å². The summed E-state index contributed by atoms with van der Waals surface area (Å²) < 4.78 is 0. The lowest BCUT2D eigenvalue weighted by Crippen LogP contribution is -2.34. The zero-order chi connectivity index (χ0) is 14.3. The summed E-state index contributed by atoms with van der Waals surface area (Å²) in [5.74, 6) is 7.84. The van der Waals surface area contributed by atoms with Crippen LogP contribution in [0, 0.1) is 12.8 Å². The molecule has 1 aliphatic rings. The minimum atomic E-state index is 0.416. The molecule has 0 radical (unpaired) electrons. The zero-order valence-electron chi connectivity index (χ0n) is 12.2. The van der Waals surface area contributed by atoms with Crippen LogP contribution in [-0.4, -0.2) is 22.6 Å². The maximum Gasteiger partial charge on any atom is 0.240 e. The van der Waals surface area contributed by atoms with E-state index in [1.165, 1.54) is 17.7 Å². The number of anilines is 2. The molecule has 0 atom stereocenters. The Bertz CT molecular complexity index is 617. The average Bonchev–Trinajstić information content (AvgIpc) is 3.14. The van der Waals surface area contributed by atoms with Crippen LogP contribution >= 0.6 is 11.3 Å². The Labute approximate surface area is 123 Å². The van der Waals surface area contributed by atoms with E-state index in [2.05, 4.69) is 47.1 Å². The maximum atomic E-state index is 5.52. The van der Waals surface area contributed by atoms with E-state index in [1.54, 1.807) is 11.3 Å². The molecule has 0 aliphatic heterocycles. The van der Waals surface area contributed by atoms with Gasteiger partial charge in [-0.15, -0.1) is 11.3 Å². The van der Waals surface area contributed by atoms with Crippen molar-refractivity contribution >= 4 is 33.3 Å². The van der Waals surface area contributed by atoms with E-state index in [0.717, 1.165) is 28.5 Å². The molecule has 108 valence electrons. The van der Waals surface area contributed by atoms with Gasteiger partial charge in [0.25, 0.3) is 0 Å². The molecule has 0 bridgehead atoms. The summed E-state index contributed by atoms with van der Waals surface area (Å²) in [6.07, 6.45) is 2.67. The van der Waals surface area contributed by atoms with Crippen LogP contribution in [0.4, 0.5) is 11.8 Å². The molecule has 2 aromatic heterocycles. The van der Waals surface area contributed by atoms with Crippen LogP contribution in [0.2, 0.25) is 0 Å². The molecule has 0 spiro atoms. The van der Waals surface area contributed by atoms with Crippen molar-refractivity contribution in [3.63, 3.8) is 0 Å². The molecule has 2 heterocycles. The van der Waals surface area contributed by atoms with Gasteiger partial charge in [-0.1, -0.05) is 0 Å². The number of aryl methyl sites for hydroxylation is 1. The van der Waals surface area contributed by atoms with Crippen molar-refractivity contribution < 1.29 is 0 Å². The third kappa shape index (κ3) is 2.58. The molecule has 0 saturated heterocycles. The number of nitrogens with zero attached hydrogens (tertiary/aromatic N) is 3. The number of hydrogen-bond donors (Lipinski definition) is 2. The van der Waals surface area contributed by atoms with Gasteiger partial charge < -0.3 is 4.90 Å². The summed E-state index contributed by atoms with van der Waals surface area (Å²) in [5.41, 5.74) is 2.59. The largest absolute Gasteiger partial charge is 0.353 e. The molecule has 2 aromatic rings. The number of aromatic nitrogens is 2. The first-order valence-corrected chi connectivity index (χ1v) is 7.91. The fourth-order valence-electron chi connectivity index (χ4n) is 2.43. The summed E-state index contributed by atoms with van der Waals surface area (Å²) in [5, 5.41) is 1.14. The van der Waals surface area contributed by atoms with Crippen LogP contribution in [0.5, 0.6) is 0 Å². The van der Waals surface area contributed by atoms with E-state index in [-0.39, 0.29) is 0 Å². The number of fused-ring (bicyclic) bond motifs is 1. The highest BCUT2D eigenvalue weighted by molar-refractivity contribution is 7.18. The van der Waals surface area contributed by atoms with Crippen molar-refractivity contribution in [2.45, 2.75) is 39.7 Å². The molecular formula is C14H21N5S. The van der Waals surface area contributed by atoms with E-state index in [0.29, 0.717) is 12.0 Å². The number of hydrazine groups is 1. The smallest absolute Gasteiger partial charge is 0.240 e. The topological polar surface area (TPSA) is 67.1 Å². The van der Waals surface area contributed by atoms with Gasteiger partial charge in [-0.25, -0.2) is 10.8 Å². The Balaban J connectivity index is 2.10. The van der Waals surface area contributed by atoms with Crippen molar-refractivity contribution in [3.8, 4) is 0 Å². The van der Waals surface area contributed by atoms with Crippen LogP contribution in [0.1, 0.15) is 31.6 Å². The highest BCUT2D eigenvalue weighted by Gasteiger charge is 2.27. The van der Waals surface area contributed by atoms with Crippen LogP contribution in [-0.2, 0) is 0 Å². The first-order valence-electron chi connectivity index (χ1n) is 7.10. The molecule has 1 aliphatic carbocycles. The molecule has 0 unspecified atom stereocenters. The summed E-state index contributed by atoms with van der Waals surface area (Å²) in [7, 11) is 0. The molecule has 6 heteroatoms. The standard InChI is InChI=1S/C14H21N5S/c1-8(2)19(7-10-4-5-10)12-11-6-9(3)20-13(11)17-14(16-12)18-15/h6,8,10H,4-5,7,15H2,1-3H3,(H,16,17,18). The maximum absolute atomic E-state index is 5.52. The lowest BCUT2D eigenvalue weighted by atomic mass is 10.2. The molecule has 20 heavy (non-hydrogen) atoms. The quantitative estimate of drug-likeness (QED) is 0.655. The Morgan fingerprint density at radius 3 is 2.80 bits per heavy atom. The molecule has 5 nitrogen and oxygen atoms in total. The number of nitrogen functional groups attached to an aromatic ring is 1. The molecule has 1 saturated carbocycles. The summed E-state index contributed by atoms with van der Waals surface area (Å²) >= 11 is 1.69. The van der Waals surface area contributed by atoms with Crippen molar-refractivity contribution in [1.82, 2.24) is 9.97 Å². The number of nitrogens with two attached hydrogens (primary N) is 1. The van der Waals surface area contributed by atoms with E-state index < -0.39 is 0 Å². The minimum absolute atomic E-state index is 0.416. The Hall–Kier alpha value is -1.40. The minimum Gasteiger partial charge on any atom is -0.353 e. The summed E-state index contributed by atoms with van der Waals surface area (Å²) in [4.78, 5) is 13.7. The van der Waals surface area contributed by atoms with Crippen molar-refractivity contribution in [2.75, 3.05) is 16.9 Å². The van der Waals surface area contributed by atoms with E-state index in [1.807, 2.05) is 0 Å². The monoisotopic (exact) mass is 291 g/mol. The van der Waals surface area contributed by atoms with Crippen molar-refractivity contribution in [2.24, 2.45) is 11.8 Å². The summed E-state index contributed by atoms with van der Waals surface area (Å²) in [6.45, 7) is 7.60. The van der Waals surface area contributed by atoms with Crippen LogP contribution in [0.3, 0.4) is 0 Å². The van der Waals surface area contributed by atoms with Gasteiger partial charge in [0.1, 0.15) is 10.6 Å². The Kier molecular flexibility index (Phi) is 3.52. The first kappa shape index (κ1) is 13.6. The van der Waals surface area contributed by atoms with Gasteiger partial charge in [0.15, 0.2) is 0 Å². The SMILES string of the molecule is Cc1cc2c(N(CC3CC3)C(C)C)nc(NN)nc2s1. The third-order valence-corrected chi connectivity index (χ3v) is 4.62. The number of nitrogens with one attached hydrogen (secondary N) is 1. The van der Waals surface area contributed by atoms with Crippen LogP contribution in [0.25, 0.3) is 10.2 Å². The fourth-order valence-corrected chi connectivity index (χ4v) is 3.30. The van der Waals surface area contributed by atoms with Crippen LogP contribution in [0.15, 0.2) is 6.07 Å². The van der Waals surface area contributed by atoms with Gasteiger partial charge in [0, 0.05) is 17.5 Å². The molecule has 0 aromatic carbocycles. The molecule has 1 fully saturated rings. The molecular weight excluding hydrogens is 270 g/mol. The molecule has 3 N–H and O–H groups in total. The Morgan fingerprint density at radius 2 is 2.20 bits per heavy atom. The van der Waals surface area contributed by atoms with E-state index in [9.17, 15) is 0 Å². The second kappa shape index (κ2) is 5.18. The molecule has 3 rings (SSSR count). The number of hydrogen-bond acceptors (Lipinski definition) is 6. The average molecular weight is 291 g/mol. The zero-order valence-corrected chi connectivity index (χ0v) is 13.0. The number of thiophene rings is 1. The van der Waals surface area contributed by atoms with Gasteiger partial charge in [0.05, 0.1) is 5.39 Å². The normalized spacial score (nSPS) is 15.1. The van der Waals surface area contributed by atoms with E-state index in [4.69, 9.17) is 5.84 Å². The van der Waals surface area contributed by atoms with Gasteiger partial charge in [-0.05, 0) is 45.6 Å². The van der Waals surface area contributed by atoms with Gasteiger partial charge >= 0.3 is 0 Å². The predicted octanol–water partition coefficient (Wildman–Crippen LogP) is 2.91. The van der Waals surface area contributed by atoms with Crippen molar-refractivity contribution in [1.29, 1.82) is 0 Å². The predicted molar refractivity (Wildman–Crippen MR) is 85.2 cm³/mol. The number of rotatable bonds is 5. The highest BCUT2D eigenvalue weighted by atomic mass is 32.1. The fraction of sp³-hybridized carbons (Fsp3) is 0.571. The lowest BCUT2D eigenvalue weighted by Gasteiger charge is -2.28. The van der Waals surface area contributed by atoms with Crippen LogP contribution < -0.4 is 16.2 Å². The summed E-state index contributed by atoms with van der Waals surface area (Å²) in [6, 6.07) is 2.59. The van der Waals surface area contributed by atoms with E-state index >= 15 is 0 Å². The molecule has 0 amide bonds. The Morgan fingerprint density at radius 1 is 1.45 bits per heavy atom.